The summed E-state index contributed by atoms with van der Waals surface area (Å²) in [5.74, 6) is 0.547. The van der Waals surface area contributed by atoms with Gasteiger partial charge in [0.2, 0.25) is 0 Å². The summed E-state index contributed by atoms with van der Waals surface area (Å²) in [4.78, 5) is 8.92. The molecule has 31 heavy (non-hydrogen) atoms. The van der Waals surface area contributed by atoms with Gasteiger partial charge in [-0.3, -0.25) is 4.68 Å². The van der Waals surface area contributed by atoms with Gasteiger partial charge in [0.15, 0.2) is 5.96 Å². The van der Waals surface area contributed by atoms with E-state index in [-0.39, 0.29) is 6.54 Å². The van der Waals surface area contributed by atoms with Gasteiger partial charge in [0.1, 0.15) is 0 Å². The number of nitrogens with zero attached hydrogens (tertiary/aromatic N) is 5. The molecule has 0 aliphatic carbocycles. The van der Waals surface area contributed by atoms with Gasteiger partial charge in [0, 0.05) is 51.7 Å². The minimum Gasteiger partial charge on any atom is -0.369 e. The number of aliphatic imine (C=N–C) groups is 1. The standard InChI is InChI=1S/C21H30F3N7/c1-4-25-20(27-15-18-7-8-28-30(18)3)26-14-16-13-17(21(22,23)24)5-6-19(16)31-11-9-29(2)10-12-31/h5-8,13H,4,9-12,14-15H2,1-3H3,(H2,25,26,27). The highest BCUT2D eigenvalue weighted by Crippen LogP contribution is 2.33. The molecule has 1 aliphatic rings. The number of aromatic nitrogens is 2. The Balaban J connectivity index is 1.82. The minimum atomic E-state index is -4.39. The molecule has 2 aromatic rings. The predicted molar refractivity (Wildman–Crippen MR) is 116 cm³/mol. The van der Waals surface area contributed by atoms with E-state index in [1.54, 1.807) is 16.9 Å². The van der Waals surface area contributed by atoms with E-state index in [1.165, 1.54) is 6.07 Å². The number of alkyl halides is 3. The smallest absolute Gasteiger partial charge is 0.369 e. The van der Waals surface area contributed by atoms with Crippen LogP contribution in [-0.4, -0.2) is 60.4 Å². The van der Waals surface area contributed by atoms with E-state index in [0.29, 0.717) is 24.6 Å². The number of guanidine groups is 1. The van der Waals surface area contributed by atoms with Crippen LogP contribution in [0.1, 0.15) is 23.7 Å². The monoisotopic (exact) mass is 437 g/mol. The van der Waals surface area contributed by atoms with Crippen LogP contribution in [0.25, 0.3) is 0 Å². The van der Waals surface area contributed by atoms with Crippen molar-refractivity contribution in [2.45, 2.75) is 26.2 Å². The summed E-state index contributed by atoms with van der Waals surface area (Å²) in [7, 11) is 3.90. The van der Waals surface area contributed by atoms with E-state index in [4.69, 9.17) is 0 Å². The van der Waals surface area contributed by atoms with E-state index in [0.717, 1.165) is 43.6 Å². The average Bonchev–Trinajstić information content (AvgIpc) is 3.14. The van der Waals surface area contributed by atoms with Crippen LogP contribution in [0, 0.1) is 0 Å². The maximum atomic E-state index is 13.3. The summed E-state index contributed by atoms with van der Waals surface area (Å²) in [6.07, 6.45) is -2.67. The number of halogens is 3. The molecule has 10 heteroatoms. The van der Waals surface area contributed by atoms with Crippen molar-refractivity contribution >= 4 is 11.6 Å². The minimum absolute atomic E-state index is 0.145. The third-order valence-electron chi connectivity index (χ3n) is 5.36. The fourth-order valence-corrected chi connectivity index (χ4v) is 3.50. The Morgan fingerprint density at radius 2 is 1.84 bits per heavy atom. The Bertz CT molecular complexity index is 883. The number of hydrogen-bond acceptors (Lipinski definition) is 4. The quantitative estimate of drug-likeness (QED) is 0.537. The molecule has 1 aliphatic heterocycles. The molecule has 0 saturated carbocycles. The average molecular weight is 438 g/mol. The van der Waals surface area contributed by atoms with E-state index < -0.39 is 11.7 Å². The zero-order valence-electron chi connectivity index (χ0n) is 18.2. The maximum absolute atomic E-state index is 13.3. The van der Waals surface area contributed by atoms with Crippen LogP contribution >= 0.6 is 0 Å². The maximum Gasteiger partial charge on any atom is 0.416 e. The molecule has 1 fully saturated rings. The Morgan fingerprint density at radius 1 is 1.10 bits per heavy atom. The second-order valence-electron chi connectivity index (χ2n) is 7.63. The van der Waals surface area contributed by atoms with Crippen molar-refractivity contribution in [1.82, 2.24) is 25.3 Å². The van der Waals surface area contributed by atoms with Gasteiger partial charge in [-0.15, -0.1) is 0 Å². The first-order valence-electron chi connectivity index (χ1n) is 10.4. The van der Waals surface area contributed by atoms with E-state index in [9.17, 15) is 13.2 Å². The highest BCUT2D eigenvalue weighted by molar-refractivity contribution is 5.79. The first-order valence-corrected chi connectivity index (χ1v) is 10.4. The highest BCUT2D eigenvalue weighted by Gasteiger charge is 2.31. The summed E-state index contributed by atoms with van der Waals surface area (Å²) >= 11 is 0. The molecule has 1 saturated heterocycles. The fourth-order valence-electron chi connectivity index (χ4n) is 3.50. The van der Waals surface area contributed by atoms with Gasteiger partial charge in [0.05, 0.1) is 24.3 Å². The van der Waals surface area contributed by atoms with Crippen molar-refractivity contribution in [2.75, 3.05) is 44.7 Å². The number of hydrogen-bond donors (Lipinski definition) is 2. The van der Waals surface area contributed by atoms with Gasteiger partial charge in [-0.05, 0) is 43.8 Å². The number of benzene rings is 1. The molecular formula is C21H30F3N7. The van der Waals surface area contributed by atoms with Crippen molar-refractivity contribution in [3.05, 3.63) is 47.3 Å². The topological polar surface area (TPSA) is 60.7 Å². The number of aryl methyl sites for hydroxylation is 1. The van der Waals surface area contributed by atoms with E-state index >= 15 is 0 Å². The zero-order valence-corrected chi connectivity index (χ0v) is 18.2. The molecule has 2 N–H and O–H groups in total. The number of piperazine rings is 1. The predicted octanol–water partition coefficient (Wildman–Crippen LogP) is 2.45. The van der Waals surface area contributed by atoms with E-state index in [2.05, 4.69) is 30.5 Å². The molecule has 2 heterocycles. The van der Waals surface area contributed by atoms with Crippen molar-refractivity contribution in [2.24, 2.45) is 12.0 Å². The Kier molecular flexibility index (Phi) is 7.42. The van der Waals surface area contributed by atoms with Gasteiger partial charge in [0.25, 0.3) is 0 Å². The molecule has 0 amide bonds. The van der Waals surface area contributed by atoms with Crippen molar-refractivity contribution in [3.8, 4) is 0 Å². The summed E-state index contributed by atoms with van der Waals surface area (Å²) < 4.78 is 41.8. The largest absolute Gasteiger partial charge is 0.416 e. The molecule has 170 valence electrons. The van der Waals surface area contributed by atoms with Gasteiger partial charge in [-0.1, -0.05) is 0 Å². The normalized spacial score (nSPS) is 15.9. The lowest BCUT2D eigenvalue weighted by Gasteiger charge is -2.35. The first-order chi connectivity index (χ1) is 14.8. The lowest BCUT2D eigenvalue weighted by Crippen LogP contribution is -2.44. The number of nitrogens with one attached hydrogen (secondary N) is 2. The van der Waals surface area contributed by atoms with Crippen LogP contribution in [0.2, 0.25) is 0 Å². The molecule has 0 spiro atoms. The van der Waals surface area contributed by atoms with Crippen molar-refractivity contribution in [3.63, 3.8) is 0 Å². The van der Waals surface area contributed by atoms with Crippen LogP contribution in [0.4, 0.5) is 18.9 Å². The number of likely N-dealkylation sites (N-methyl/N-ethyl adjacent to an activating group) is 1. The second kappa shape index (κ2) is 10.0. The third-order valence-corrected chi connectivity index (χ3v) is 5.36. The van der Waals surface area contributed by atoms with Crippen molar-refractivity contribution < 1.29 is 13.2 Å². The number of anilines is 1. The van der Waals surface area contributed by atoms with Crippen LogP contribution in [-0.2, 0) is 26.3 Å². The van der Waals surface area contributed by atoms with Gasteiger partial charge >= 0.3 is 6.18 Å². The zero-order chi connectivity index (χ0) is 22.4. The van der Waals surface area contributed by atoms with Crippen LogP contribution in [0.15, 0.2) is 35.5 Å². The third kappa shape index (κ3) is 6.13. The Morgan fingerprint density at radius 3 is 2.45 bits per heavy atom. The lowest BCUT2D eigenvalue weighted by atomic mass is 10.1. The molecule has 1 aromatic carbocycles. The SMILES string of the molecule is CCNC(=NCc1cc(C(F)(F)F)ccc1N1CCN(C)CC1)NCc1ccnn1C. The molecule has 3 rings (SSSR count). The highest BCUT2D eigenvalue weighted by atomic mass is 19.4. The molecule has 0 radical (unpaired) electrons. The molecular weight excluding hydrogens is 407 g/mol. The van der Waals surface area contributed by atoms with E-state index in [1.807, 2.05) is 27.1 Å². The molecule has 1 aromatic heterocycles. The first kappa shape index (κ1) is 22.9. The van der Waals surface area contributed by atoms with Gasteiger partial charge < -0.3 is 20.4 Å². The Hall–Kier alpha value is -2.75. The molecule has 0 atom stereocenters. The summed E-state index contributed by atoms with van der Waals surface area (Å²) in [5.41, 5.74) is 1.70. The molecule has 7 nitrogen and oxygen atoms in total. The molecule has 0 bridgehead atoms. The lowest BCUT2D eigenvalue weighted by molar-refractivity contribution is -0.137. The number of rotatable bonds is 6. The second-order valence-corrected chi connectivity index (χ2v) is 7.63. The van der Waals surface area contributed by atoms with Crippen LogP contribution in [0.3, 0.4) is 0 Å². The fraction of sp³-hybridized carbons (Fsp3) is 0.524. The Labute approximate surface area is 180 Å². The van der Waals surface area contributed by atoms with Gasteiger partial charge in [-0.2, -0.15) is 18.3 Å². The summed E-state index contributed by atoms with van der Waals surface area (Å²) in [6.45, 7) is 6.54. The van der Waals surface area contributed by atoms with Crippen LogP contribution in [0.5, 0.6) is 0 Å². The van der Waals surface area contributed by atoms with Crippen molar-refractivity contribution in [1.29, 1.82) is 0 Å². The summed E-state index contributed by atoms with van der Waals surface area (Å²) in [6, 6.07) is 5.86. The summed E-state index contributed by atoms with van der Waals surface area (Å²) in [5, 5.41) is 10.5. The van der Waals surface area contributed by atoms with Crippen LogP contribution < -0.4 is 15.5 Å². The van der Waals surface area contributed by atoms with Gasteiger partial charge in [-0.25, -0.2) is 4.99 Å². The molecule has 0 unspecified atom stereocenters.